The molecule has 0 heterocycles. The Kier molecular flexibility index (Phi) is 3.12. The van der Waals surface area contributed by atoms with Gasteiger partial charge in [0.05, 0.1) is 23.3 Å². The van der Waals surface area contributed by atoms with Crippen LogP contribution in [0.2, 0.25) is 0 Å². The lowest BCUT2D eigenvalue weighted by atomic mass is 9.71. The van der Waals surface area contributed by atoms with Gasteiger partial charge in [-0.2, -0.15) is 10.5 Å². The lowest BCUT2D eigenvalue weighted by Gasteiger charge is -2.30. The van der Waals surface area contributed by atoms with Gasteiger partial charge in [0.1, 0.15) is 6.07 Å². The second-order valence-corrected chi connectivity index (χ2v) is 5.53. The Bertz CT molecular complexity index is 654. The van der Waals surface area contributed by atoms with Crippen molar-refractivity contribution in [2.75, 3.05) is 0 Å². The Labute approximate surface area is 118 Å². The van der Waals surface area contributed by atoms with Crippen LogP contribution in [0.1, 0.15) is 30.7 Å². The Morgan fingerprint density at radius 2 is 1.80 bits per heavy atom. The van der Waals surface area contributed by atoms with E-state index in [1.165, 1.54) is 0 Å². The Morgan fingerprint density at radius 1 is 1.10 bits per heavy atom. The van der Waals surface area contributed by atoms with E-state index in [4.69, 9.17) is 5.41 Å². The van der Waals surface area contributed by atoms with E-state index >= 15 is 0 Å². The van der Waals surface area contributed by atoms with Crippen molar-refractivity contribution in [1.82, 2.24) is 0 Å². The van der Waals surface area contributed by atoms with Gasteiger partial charge in [0.2, 0.25) is 0 Å². The van der Waals surface area contributed by atoms with Crippen LogP contribution >= 0.6 is 0 Å². The van der Waals surface area contributed by atoms with Crippen molar-refractivity contribution in [3.8, 4) is 12.1 Å². The Morgan fingerprint density at radius 3 is 2.35 bits per heavy atom. The summed E-state index contributed by atoms with van der Waals surface area (Å²) in [5.74, 6) is -0.0215. The molecular formula is C17H15N3. The first-order valence-electron chi connectivity index (χ1n) is 6.92. The van der Waals surface area contributed by atoms with Crippen LogP contribution in [0.3, 0.4) is 0 Å². The molecule has 3 rings (SSSR count). The lowest BCUT2D eigenvalue weighted by molar-refractivity contribution is 0.584. The molecule has 0 bridgehead atoms. The molecule has 2 aliphatic rings. The first-order chi connectivity index (χ1) is 9.76. The maximum atomic E-state index is 9.42. The Balaban J connectivity index is 2.05. The smallest absolute Gasteiger partial charge is 0.101 e. The minimum atomic E-state index is -0.505. The van der Waals surface area contributed by atoms with E-state index in [0.29, 0.717) is 11.5 Å². The summed E-state index contributed by atoms with van der Waals surface area (Å²) in [7, 11) is 0. The van der Waals surface area contributed by atoms with E-state index < -0.39 is 5.92 Å². The summed E-state index contributed by atoms with van der Waals surface area (Å²) in [6.45, 7) is 0. The predicted octanol–water partition coefficient (Wildman–Crippen LogP) is 3.56. The predicted molar refractivity (Wildman–Crippen MR) is 76.0 cm³/mol. The van der Waals surface area contributed by atoms with Crippen molar-refractivity contribution in [1.29, 1.82) is 15.9 Å². The van der Waals surface area contributed by atoms with E-state index in [-0.39, 0.29) is 11.6 Å². The van der Waals surface area contributed by atoms with Crippen LogP contribution in [0.15, 0.2) is 41.5 Å². The molecule has 3 heteroatoms. The van der Waals surface area contributed by atoms with E-state index in [9.17, 15) is 10.5 Å². The summed E-state index contributed by atoms with van der Waals surface area (Å²) in [5.41, 5.74) is 2.90. The molecule has 0 aromatic heterocycles. The van der Waals surface area contributed by atoms with Gasteiger partial charge in [0.15, 0.2) is 0 Å². The number of nitrogens with one attached hydrogen (secondary N) is 1. The second kappa shape index (κ2) is 4.94. The van der Waals surface area contributed by atoms with Gasteiger partial charge < -0.3 is 5.41 Å². The third-order valence-electron chi connectivity index (χ3n) is 4.29. The molecule has 98 valence electrons. The van der Waals surface area contributed by atoms with Gasteiger partial charge in [-0.25, -0.2) is 0 Å². The summed E-state index contributed by atoms with van der Waals surface area (Å²) in [6.07, 6.45) is 2.98. The van der Waals surface area contributed by atoms with Gasteiger partial charge >= 0.3 is 0 Å². The number of hydrogen-bond donors (Lipinski definition) is 1. The molecule has 3 nitrogen and oxygen atoms in total. The van der Waals surface area contributed by atoms with Crippen LogP contribution in [-0.4, -0.2) is 5.71 Å². The topological polar surface area (TPSA) is 71.4 Å². The molecule has 0 spiro atoms. The minimum Gasteiger partial charge on any atom is -0.303 e. The highest BCUT2D eigenvalue weighted by Gasteiger charge is 2.40. The number of nitriles is 2. The van der Waals surface area contributed by atoms with Crippen LogP contribution in [0.4, 0.5) is 0 Å². The van der Waals surface area contributed by atoms with Gasteiger partial charge in [-0.05, 0) is 36.3 Å². The fourth-order valence-electron chi connectivity index (χ4n) is 3.09. The molecule has 1 unspecified atom stereocenters. The fraction of sp³-hybridized carbons (Fsp3) is 0.353. The fourth-order valence-corrected chi connectivity index (χ4v) is 3.09. The minimum absolute atomic E-state index is 0.0152. The quantitative estimate of drug-likeness (QED) is 0.884. The van der Waals surface area contributed by atoms with Crippen LogP contribution in [0.25, 0.3) is 0 Å². The molecule has 1 N–H and O–H groups in total. The molecule has 1 fully saturated rings. The van der Waals surface area contributed by atoms with Crippen LogP contribution in [0.5, 0.6) is 0 Å². The maximum Gasteiger partial charge on any atom is 0.101 e. The Hall–Kier alpha value is -2.39. The van der Waals surface area contributed by atoms with Crippen molar-refractivity contribution in [3.63, 3.8) is 0 Å². The van der Waals surface area contributed by atoms with Crippen molar-refractivity contribution in [2.24, 2.45) is 11.8 Å². The highest BCUT2D eigenvalue weighted by atomic mass is 14.5. The summed E-state index contributed by atoms with van der Waals surface area (Å²) in [4.78, 5) is 0. The van der Waals surface area contributed by atoms with E-state index in [1.54, 1.807) is 0 Å². The molecule has 0 amide bonds. The summed E-state index contributed by atoms with van der Waals surface area (Å²) >= 11 is 0. The molecule has 0 aliphatic heterocycles. The van der Waals surface area contributed by atoms with Crippen molar-refractivity contribution in [3.05, 3.63) is 47.0 Å². The molecule has 0 radical (unpaired) electrons. The molecule has 1 aromatic rings. The number of hydrogen-bond acceptors (Lipinski definition) is 3. The van der Waals surface area contributed by atoms with E-state index in [1.807, 2.05) is 30.3 Å². The highest BCUT2D eigenvalue weighted by Crippen LogP contribution is 2.48. The van der Waals surface area contributed by atoms with Crippen LogP contribution < -0.4 is 0 Å². The summed E-state index contributed by atoms with van der Waals surface area (Å²) in [5, 5.41) is 27.0. The highest BCUT2D eigenvalue weighted by molar-refractivity contribution is 6.06. The van der Waals surface area contributed by atoms with E-state index in [2.05, 4.69) is 12.1 Å². The first kappa shape index (κ1) is 12.6. The molecule has 0 saturated heterocycles. The van der Waals surface area contributed by atoms with Crippen molar-refractivity contribution in [2.45, 2.75) is 25.2 Å². The molecule has 1 aromatic carbocycles. The molecule has 2 aliphatic carbocycles. The SMILES string of the molecule is N#CC1=C(C2CC2)C[C@H](c2ccccc2)C(C#N)C1=N. The number of rotatable bonds is 2. The monoisotopic (exact) mass is 261 g/mol. The lowest BCUT2D eigenvalue weighted by Crippen LogP contribution is -2.28. The largest absolute Gasteiger partial charge is 0.303 e. The normalized spacial score (nSPS) is 26.0. The van der Waals surface area contributed by atoms with Crippen molar-refractivity contribution >= 4 is 5.71 Å². The molecule has 20 heavy (non-hydrogen) atoms. The molecule has 2 atom stereocenters. The van der Waals surface area contributed by atoms with Gasteiger partial charge in [-0.3, -0.25) is 0 Å². The summed E-state index contributed by atoms with van der Waals surface area (Å²) in [6, 6.07) is 14.3. The molecular weight excluding hydrogens is 246 g/mol. The first-order valence-corrected chi connectivity index (χ1v) is 6.92. The van der Waals surface area contributed by atoms with Crippen LogP contribution in [-0.2, 0) is 0 Å². The van der Waals surface area contributed by atoms with Crippen molar-refractivity contribution < 1.29 is 0 Å². The van der Waals surface area contributed by atoms with Gasteiger partial charge in [0, 0.05) is 5.92 Å². The zero-order chi connectivity index (χ0) is 14.1. The number of benzene rings is 1. The van der Waals surface area contributed by atoms with E-state index in [0.717, 1.165) is 30.4 Å². The van der Waals surface area contributed by atoms with Gasteiger partial charge in [-0.15, -0.1) is 0 Å². The zero-order valence-electron chi connectivity index (χ0n) is 11.1. The molecule has 1 saturated carbocycles. The zero-order valence-corrected chi connectivity index (χ0v) is 11.1. The third-order valence-corrected chi connectivity index (χ3v) is 4.29. The number of nitrogens with zero attached hydrogens (tertiary/aromatic N) is 2. The standard InChI is InChI=1S/C17H15N3/c18-9-15-13(11-4-2-1-3-5-11)8-14(12-6-7-12)16(10-19)17(15)20/h1-5,12-13,15,20H,6-8H2/t13-,15?/m1/s1. The van der Waals surface area contributed by atoms with Gasteiger partial charge in [-0.1, -0.05) is 30.3 Å². The average molecular weight is 261 g/mol. The van der Waals surface area contributed by atoms with Crippen LogP contribution in [0, 0.1) is 39.9 Å². The third kappa shape index (κ3) is 2.02. The number of allylic oxidation sites excluding steroid dienone is 2. The van der Waals surface area contributed by atoms with Gasteiger partial charge in [0.25, 0.3) is 0 Å². The average Bonchev–Trinajstić information content (AvgIpc) is 3.31. The second-order valence-electron chi connectivity index (χ2n) is 5.53. The summed E-state index contributed by atoms with van der Waals surface area (Å²) < 4.78 is 0. The maximum absolute atomic E-state index is 9.42.